The summed E-state index contributed by atoms with van der Waals surface area (Å²) < 4.78 is 4.58. The molecule has 0 saturated heterocycles. The van der Waals surface area contributed by atoms with Gasteiger partial charge in [0.05, 0.1) is 5.02 Å². The van der Waals surface area contributed by atoms with Crippen molar-refractivity contribution in [3.05, 3.63) is 35.1 Å². The zero-order valence-electron chi connectivity index (χ0n) is 9.76. The summed E-state index contributed by atoms with van der Waals surface area (Å²) >= 11 is 5.89. The molecule has 0 atom stereocenters. The van der Waals surface area contributed by atoms with Crippen molar-refractivity contribution in [3.63, 3.8) is 0 Å². The lowest BCUT2D eigenvalue weighted by Gasteiger charge is -2.06. The van der Waals surface area contributed by atoms with E-state index in [1.807, 2.05) is 0 Å². The second-order valence-electron chi connectivity index (χ2n) is 3.52. The molecular formula is C10H11ClN6O2. The molecule has 0 aliphatic carbocycles. The summed E-state index contributed by atoms with van der Waals surface area (Å²) in [7, 11) is 0. The molecule has 9 heteroatoms. The average Bonchev–Trinajstić information content (AvgIpc) is 2.92. The first-order valence-electron chi connectivity index (χ1n) is 5.37. The number of rotatable bonds is 5. The highest BCUT2D eigenvalue weighted by molar-refractivity contribution is 6.33. The Morgan fingerprint density at radius 3 is 3.00 bits per heavy atom. The maximum Gasteiger partial charge on any atom is 0.271 e. The van der Waals surface area contributed by atoms with Crippen LogP contribution in [0.4, 0.5) is 5.82 Å². The average molecular weight is 283 g/mol. The first kappa shape index (κ1) is 13.2. The van der Waals surface area contributed by atoms with Crippen molar-refractivity contribution in [2.75, 3.05) is 12.0 Å². The highest BCUT2D eigenvalue weighted by Crippen LogP contribution is 2.15. The third kappa shape index (κ3) is 3.39. The largest absolute Gasteiger partial charge is 0.350 e. The summed E-state index contributed by atoms with van der Waals surface area (Å²) in [5.74, 6) is 5.69. The molecule has 0 fully saturated rings. The Labute approximate surface area is 113 Å². The number of carbonyl (C=O) groups excluding carboxylic acids is 1. The van der Waals surface area contributed by atoms with Gasteiger partial charge in [0.15, 0.2) is 5.82 Å². The first-order chi connectivity index (χ1) is 9.20. The van der Waals surface area contributed by atoms with Crippen molar-refractivity contribution in [3.8, 4) is 0 Å². The number of carbonyl (C=O) groups is 1. The number of hydrogen-bond donors (Lipinski definition) is 3. The summed E-state index contributed by atoms with van der Waals surface area (Å²) in [5.41, 5.74) is 2.45. The Morgan fingerprint density at radius 1 is 1.47 bits per heavy atom. The number of amides is 1. The lowest BCUT2D eigenvalue weighted by molar-refractivity contribution is 0.0949. The van der Waals surface area contributed by atoms with Crippen molar-refractivity contribution in [1.82, 2.24) is 20.4 Å². The number of anilines is 1. The van der Waals surface area contributed by atoms with E-state index in [1.165, 1.54) is 12.5 Å². The predicted octanol–water partition coefficient (Wildman–Crippen LogP) is 0.376. The molecule has 19 heavy (non-hydrogen) atoms. The minimum atomic E-state index is -0.398. The Hall–Kier alpha value is -2.19. The van der Waals surface area contributed by atoms with E-state index < -0.39 is 5.91 Å². The van der Waals surface area contributed by atoms with Crippen LogP contribution in [0.25, 0.3) is 0 Å². The van der Waals surface area contributed by atoms with Gasteiger partial charge in [0.2, 0.25) is 6.39 Å². The van der Waals surface area contributed by atoms with E-state index in [0.29, 0.717) is 24.6 Å². The standard InChI is InChI=1S/C10H11ClN6O2/c11-6-1-2-8(16-12)15-9(6)10(18)13-4-3-7-14-5-19-17-7/h1-2,5H,3-4,12H2,(H,13,18)(H,15,16). The minimum Gasteiger partial charge on any atom is -0.350 e. The van der Waals surface area contributed by atoms with Crippen molar-refractivity contribution in [2.24, 2.45) is 5.84 Å². The molecule has 0 aliphatic rings. The summed E-state index contributed by atoms with van der Waals surface area (Å²) in [4.78, 5) is 19.7. The molecular weight excluding hydrogens is 272 g/mol. The lowest BCUT2D eigenvalue weighted by atomic mass is 10.3. The molecule has 0 unspecified atom stereocenters. The van der Waals surface area contributed by atoms with E-state index in [-0.39, 0.29) is 10.7 Å². The van der Waals surface area contributed by atoms with E-state index in [4.69, 9.17) is 17.4 Å². The van der Waals surface area contributed by atoms with Gasteiger partial charge in [-0.2, -0.15) is 4.98 Å². The first-order valence-corrected chi connectivity index (χ1v) is 5.75. The maximum atomic E-state index is 11.9. The van der Waals surface area contributed by atoms with Crippen LogP contribution in [0.1, 0.15) is 16.3 Å². The topological polar surface area (TPSA) is 119 Å². The van der Waals surface area contributed by atoms with Crippen LogP contribution in [0.5, 0.6) is 0 Å². The number of nitrogens with zero attached hydrogens (tertiary/aromatic N) is 3. The fourth-order valence-corrected chi connectivity index (χ4v) is 1.55. The van der Waals surface area contributed by atoms with E-state index in [9.17, 15) is 4.79 Å². The van der Waals surface area contributed by atoms with E-state index in [1.54, 1.807) is 6.07 Å². The van der Waals surface area contributed by atoms with E-state index in [0.717, 1.165) is 0 Å². The molecule has 2 heterocycles. The predicted molar refractivity (Wildman–Crippen MR) is 67.4 cm³/mol. The molecule has 0 aliphatic heterocycles. The second kappa shape index (κ2) is 6.12. The molecule has 100 valence electrons. The molecule has 0 saturated carbocycles. The van der Waals surface area contributed by atoms with Crippen LogP contribution < -0.4 is 16.6 Å². The molecule has 2 aromatic heterocycles. The zero-order valence-corrected chi connectivity index (χ0v) is 10.5. The number of nitrogens with two attached hydrogens (primary N) is 1. The molecule has 2 aromatic rings. The fourth-order valence-electron chi connectivity index (χ4n) is 1.36. The molecule has 0 aromatic carbocycles. The Kier molecular flexibility index (Phi) is 4.26. The van der Waals surface area contributed by atoms with Crippen LogP contribution in [0.2, 0.25) is 5.02 Å². The number of nitrogen functional groups attached to an aromatic ring is 1. The Balaban J connectivity index is 1.95. The number of aromatic nitrogens is 3. The Morgan fingerprint density at radius 2 is 2.32 bits per heavy atom. The number of halogens is 1. The number of hydrazine groups is 1. The highest BCUT2D eigenvalue weighted by Gasteiger charge is 2.13. The lowest BCUT2D eigenvalue weighted by Crippen LogP contribution is -2.27. The molecule has 0 radical (unpaired) electrons. The van der Waals surface area contributed by atoms with Crippen LogP contribution >= 0.6 is 11.6 Å². The molecule has 1 amide bonds. The van der Waals surface area contributed by atoms with Gasteiger partial charge in [0.25, 0.3) is 5.91 Å². The van der Waals surface area contributed by atoms with Crippen LogP contribution in [-0.2, 0) is 6.42 Å². The van der Waals surface area contributed by atoms with Crippen LogP contribution in [0.15, 0.2) is 23.0 Å². The van der Waals surface area contributed by atoms with Gasteiger partial charge in [-0.1, -0.05) is 16.8 Å². The third-order valence-corrected chi connectivity index (χ3v) is 2.56. The Bertz CT molecular complexity index is 559. The van der Waals surface area contributed by atoms with Gasteiger partial charge in [-0.25, -0.2) is 10.8 Å². The van der Waals surface area contributed by atoms with Gasteiger partial charge >= 0.3 is 0 Å². The van der Waals surface area contributed by atoms with Crippen molar-refractivity contribution >= 4 is 23.3 Å². The molecule has 4 N–H and O–H groups in total. The third-order valence-electron chi connectivity index (χ3n) is 2.25. The number of pyridine rings is 1. The summed E-state index contributed by atoms with van der Waals surface area (Å²) in [6, 6.07) is 3.11. The van der Waals surface area contributed by atoms with Gasteiger partial charge in [-0.3, -0.25) is 4.79 Å². The fraction of sp³-hybridized carbons (Fsp3) is 0.200. The summed E-state index contributed by atoms with van der Waals surface area (Å²) in [6.07, 6.45) is 1.68. The van der Waals surface area contributed by atoms with Gasteiger partial charge in [0, 0.05) is 13.0 Å². The quantitative estimate of drug-likeness (QED) is 0.535. The van der Waals surface area contributed by atoms with Crippen LogP contribution in [0.3, 0.4) is 0 Å². The van der Waals surface area contributed by atoms with Crippen LogP contribution in [-0.4, -0.2) is 27.6 Å². The van der Waals surface area contributed by atoms with Crippen molar-refractivity contribution < 1.29 is 9.32 Å². The van der Waals surface area contributed by atoms with E-state index >= 15 is 0 Å². The number of hydrogen-bond acceptors (Lipinski definition) is 7. The number of nitrogens with one attached hydrogen (secondary N) is 2. The van der Waals surface area contributed by atoms with E-state index in [2.05, 4.69) is 30.4 Å². The van der Waals surface area contributed by atoms with Crippen molar-refractivity contribution in [1.29, 1.82) is 0 Å². The van der Waals surface area contributed by atoms with Gasteiger partial charge in [-0.05, 0) is 12.1 Å². The molecule has 0 bridgehead atoms. The normalized spacial score (nSPS) is 10.2. The molecule has 2 rings (SSSR count). The maximum absolute atomic E-state index is 11.9. The van der Waals surface area contributed by atoms with Crippen molar-refractivity contribution in [2.45, 2.75) is 6.42 Å². The monoisotopic (exact) mass is 282 g/mol. The second-order valence-corrected chi connectivity index (χ2v) is 3.93. The minimum absolute atomic E-state index is 0.102. The zero-order chi connectivity index (χ0) is 13.7. The van der Waals surface area contributed by atoms with Crippen LogP contribution in [0, 0.1) is 0 Å². The molecule has 0 spiro atoms. The molecule has 8 nitrogen and oxygen atoms in total. The summed E-state index contributed by atoms with van der Waals surface area (Å²) in [6.45, 7) is 0.344. The van der Waals surface area contributed by atoms with Gasteiger partial charge in [-0.15, -0.1) is 0 Å². The highest BCUT2D eigenvalue weighted by atomic mass is 35.5. The SMILES string of the molecule is NNc1ccc(Cl)c(C(=O)NCCc2ncon2)n1. The van der Waals surface area contributed by atoms with Gasteiger partial charge < -0.3 is 15.3 Å². The van der Waals surface area contributed by atoms with Gasteiger partial charge in [0.1, 0.15) is 11.5 Å². The smallest absolute Gasteiger partial charge is 0.271 e. The summed E-state index contributed by atoms with van der Waals surface area (Å²) in [5, 5.41) is 6.52.